The Kier molecular flexibility index (Phi) is 6.52. The van der Waals surface area contributed by atoms with Crippen LogP contribution in [-0.2, 0) is 6.54 Å². The van der Waals surface area contributed by atoms with Crippen molar-refractivity contribution >= 4 is 17.6 Å². The van der Waals surface area contributed by atoms with Crippen LogP contribution >= 0.6 is 0 Å². The zero-order chi connectivity index (χ0) is 21.8. The summed E-state index contributed by atoms with van der Waals surface area (Å²) in [5, 5.41) is 25.0. The fourth-order valence-electron chi connectivity index (χ4n) is 4.00. The molecule has 158 valence electrons. The van der Waals surface area contributed by atoms with E-state index < -0.39 is 5.97 Å². The molecule has 0 unspecified atom stereocenters. The third-order valence-electron chi connectivity index (χ3n) is 5.74. The van der Waals surface area contributed by atoms with Crippen LogP contribution < -0.4 is 5.73 Å². The van der Waals surface area contributed by atoms with Crippen molar-refractivity contribution < 1.29 is 9.90 Å². The fraction of sp³-hybridized carbons (Fsp3) is 0.348. The molecule has 0 amide bonds. The van der Waals surface area contributed by atoms with Crippen molar-refractivity contribution in [3.63, 3.8) is 0 Å². The highest BCUT2D eigenvalue weighted by molar-refractivity contribution is 5.96. The summed E-state index contributed by atoms with van der Waals surface area (Å²) >= 11 is 0. The van der Waals surface area contributed by atoms with Crippen LogP contribution in [0.2, 0.25) is 0 Å². The highest BCUT2D eigenvalue weighted by atomic mass is 16.4. The summed E-state index contributed by atoms with van der Waals surface area (Å²) in [6.45, 7) is 4.23. The average Bonchev–Trinajstić information content (AvgIpc) is 2.73. The molecule has 7 nitrogen and oxygen atoms in total. The Morgan fingerprint density at radius 2 is 1.80 bits per heavy atom. The summed E-state index contributed by atoms with van der Waals surface area (Å²) in [7, 11) is 2.07. The maximum Gasteiger partial charge on any atom is 0.335 e. The topological polar surface area (TPSA) is 118 Å². The standard InChI is InChI=1S/C23H29N5O2/c1-15(24)28-8-6-21(7-9-28)27(2)14-16-10-19(13-20(11-16)23(29)30)17-4-3-5-18(12-17)22(25)26/h3-5,10-13,21,24H,6-9,14H2,1-2H3,(H3,25,26)(H,29,30). The van der Waals surface area contributed by atoms with Gasteiger partial charge >= 0.3 is 5.97 Å². The van der Waals surface area contributed by atoms with E-state index in [1.165, 1.54) is 0 Å². The predicted molar refractivity (Wildman–Crippen MR) is 119 cm³/mol. The Morgan fingerprint density at radius 3 is 2.40 bits per heavy atom. The van der Waals surface area contributed by atoms with Gasteiger partial charge in [-0.05, 0) is 67.8 Å². The first-order valence-corrected chi connectivity index (χ1v) is 10.1. The van der Waals surface area contributed by atoms with Gasteiger partial charge in [0, 0.05) is 31.2 Å². The summed E-state index contributed by atoms with van der Waals surface area (Å²) in [6, 6.07) is 13.1. The number of aromatic carboxylic acids is 1. The first-order chi connectivity index (χ1) is 14.2. The highest BCUT2D eigenvalue weighted by Crippen LogP contribution is 2.25. The van der Waals surface area contributed by atoms with Gasteiger partial charge in [0.05, 0.1) is 11.4 Å². The monoisotopic (exact) mass is 407 g/mol. The van der Waals surface area contributed by atoms with Gasteiger partial charge in [-0.2, -0.15) is 0 Å². The van der Waals surface area contributed by atoms with Gasteiger partial charge in [0.25, 0.3) is 0 Å². The van der Waals surface area contributed by atoms with Gasteiger partial charge < -0.3 is 15.7 Å². The molecule has 1 heterocycles. The molecule has 0 bridgehead atoms. The molecule has 5 N–H and O–H groups in total. The van der Waals surface area contributed by atoms with Gasteiger partial charge in [0.2, 0.25) is 0 Å². The number of nitrogens with two attached hydrogens (primary N) is 1. The number of nitrogens with zero attached hydrogens (tertiary/aromatic N) is 2. The number of piperidine rings is 1. The lowest BCUT2D eigenvalue weighted by Gasteiger charge is -2.37. The van der Waals surface area contributed by atoms with E-state index in [-0.39, 0.29) is 11.4 Å². The zero-order valence-corrected chi connectivity index (χ0v) is 17.5. The molecule has 0 atom stereocenters. The summed E-state index contributed by atoms with van der Waals surface area (Å²) < 4.78 is 0. The number of hydrogen-bond acceptors (Lipinski definition) is 4. The van der Waals surface area contributed by atoms with E-state index in [9.17, 15) is 9.90 Å². The number of carboxylic acid groups (broad SMARTS) is 1. The van der Waals surface area contributed by atoms with Gasteiger partial charge in [-0.3, -0.25) is 15.7 Å². The fourth-order valence-corrected chi connectivity index (χ4v) is 4.00. The second-order valence-electron chi connectivity index (χ2n) is 7.94. The number of nitrogens with one attached hydrogen (secondary N) is 2. The SMILES string of the molecule is CC(=N)N1CCC(N(C)Cc2cc(C(=O)O)cc(-c3cccc(C(=N)N)c3)c2)CC1. The van der Waals surface area contributed by atoms with Crippen LogP contribution in [-0.4, -0.2) is 58.7 Å². The Morgan fingerprint density at radius 1 is 1.13 bits per heavy atom. The summed E-state index contributed by atoms with van der Waals surface area (Å²) in [6.07, 6.45) is 1.97. The number of hydrogen-bond donors (Lipinski definition) is 4. The van der Waals surface area contributed by atoms with Crippen LogP contribution in [0, 0.1) is 10.8 Å². The Labute approximate surface area is 177 Å². The van der Waals surface area contributed by atoms with Crippen molar-refractivity contribution in [2.45, 2.75) is 32.4 Å². The van der Waals surface area contributed by atoms with E-state index in [2.05, 4.69) is 16.8 Å². The minimum absolute atomic E-state index is 0.0160. The number of carbonyl (C=O) groups is 1. The number of likely N-dealkylation sites (tertiary alicyclic amines) is 1. The van der Waals surface area contributed by atoms with Crippen LogP contribution in [0.5, 0.6) is 0 Å². The Bertz CT molecular complexity index is 964. The number of carboxylic acids is 1. The van der Waals surface area contributed by atoms with E-state index in [1.54, 1.807) is 18.2 Å². The molecule has 1 aliphatic rings. The first kappa shape index (κ1) is 21.5. The molecule has 0 radical (unpaired) electrons. The van der Waals surface area contributed by atoms with Gasteiger partial charge in [-0.15, -0.1) is 0 Å². The molecule has 0 aliphatic carbocycles. The van der Waals surface area contributed by atoms with Gasteiger partial charge in [-0.1, -0.05) is 18.2 Å². The minimum Gasteiger partial charge on any atom is -0.478 e. The lowest BCUT2D eigenvalue weighted by Crippen LogP contribution is -2.44. The molecule has 1 saturated heterocycles. The van der Waals surface area contributed by atoms with Crippen molar-refractivity contribution in [1.29, 1.82) is 10.8 Å². The number of rotatable bonds is 6. The molecule has 1 aliphatic heterocycles. The lowest BCUT2D eigenvalue weighted by atomic mass is 9.97. The second kappa shape index (κ2) is 9.09. The molecule has 0 spiro atoms. The van der Waals surface area contributed by atoms with Crippen molar-refractivity contribution in [1.82, 2.24) is 9.80 Å². The van der Waals surface area contributed by atoms with E-state index in [0.29, 0.717) is 24.0 Å². The highest BCUT2D eigenvalue weighted by Gasteiger charge is 2.23. The van der Waals surface area contributed by atoms with Gasteiger partial charge in [-0.25, -0.2) is 4.79 Å². The first-order valence-electron chi connectivity index (χ1n) is 10.1. The van der Waals surface area contributed by atoms with Crippen molar-refractivity contribution in [3.05, 3.63) is 59.2 Å². The van der Waals surface area contributed by atoms with Crippen LogP contribution in [0.25, 0.3) is 11.1 Å². The molecule has 3 rings (SSSR count). The van der Waals surface area contributed by atoms with Gasteiger partial charge in [0.15, 0.2) is 0 Å². The summed E-state index contributed by atoms with van der Waals surface area (Å²) in [4.78, 5) is 16.1. The van der Waals surface area contributed by atoms with Crippen molar-refractivity contribution in [3.8, 4) is 11.1 Å². The molecule has 30 heavy (non-hydrogen) atoms. The normalized spacial score (nSPS) is 14.7. The van der Waals surface area contributed by atoms with Crippen molar-refractivity contribution in [2.24, 2.45) is 5.73 Å². The quantitative estimate of drug-likeness (QED) is 0.433. The van der Waals surface area contributed by atoms with E-state index >= 15 is 0 Å². The molecular formula is C23H29N5O2. The smallest absolute Gasteiger partial charge is 0.335 e. The van der Waals surface area contributed by atoms with Gasteiger partial charge in [0.1, 0.15) is 5.84 Å². The average molecular weight is 408 g/mol. The lowest BCUT2D eigenvalue weighted by molar-refractivity contribution is 0.0696. The molecule has 2 aromatic rings. The molecule has 0 saturated carbocycles. The molecular weight excluding hydrogens is 378 g/mol. The summed E-state index contributed by atoms with van der Waals surface area (Å²) in [5.74, 6) is -0.362. The van der Waals surface area contributed by atoms with E-state index in [1.807, 2.05) is 31.2 Å². The Hall–Kier alpha value is -3.19. The largest absolute Gasteiger partial charge is 0.478 e. The predicted octanol–water partition coefficient (Wildman–Crippen LogP) is 3.23. The maximum absolute atomic E-state index is 11.7. The number of nitrogen functional groups attached to an aromatic ring is 1. The third kappa shape index (κ3) is 5.04. The third-order valence-corrected chi connectivity index (χ3v) is 5.74. The number of benzene rings is 2. The maximum atomic E-state index is 11.7. The number of amidine groups is 2. The van der Waals surface area contributed by atoms with E-state index in [0.717, 1.165) is 42.6 Å². The Balaban J connectivity index is 1.83. The molecule has 0 aromatic heterocycles. The van der Waals surface area contributed by atoms with Crippen LogP contribution in [0.3, 0.4) is 0 Å². The summed E-state index contributed by atoms with van der Waals surface area (Å²) in [5.41, 5.74) is 9.05. The van der Waals surface area contributed by atoms with Crippen molar-refractivity contribution in [2.75, 3.05) is 20.1 Å². The van der Waals surface area contributed by atoms with E-state index in [4.69, 9.17) is 16.6 Å². The molecule has 7 heteroatoms. The molecule has 1 fully saturated rings. The second-order valence-corrected chi connectivity index (χ2v) is 7.94. The molecule has 2 aromatic carbocycles. The van der Waals surface area contributed by atoms with Crippen LogP contribution in [0.15, 0.2) is 42.5 Å². The van der Waals surface area contributed by atoms with Crippen LogP contribution in [0.4, 0.5) is 0 Å². The minimum atomic E-state index is -0.960. The zero-order valence-electron chi connectivity index (χ0n) is 17.5. The van der Waals surface area contributed by atoms with Crippen LogP contribution in [0.1, 0.15) is 41.3 Å².